The molecule has 24 heavy (non-hydrogen) atoms. The summed E-state index contributed by atoms with van der Waals surface area (Å²) in [6, 6.07) is 5.76. The minimum Gasteiger partial charge on any atom is -0.482 e. The standard InChI is InChI=1S/C18H25N3O3/c1-2-14(19)12-7-8-16-15(9-12)21(18(23)11-24-16)10-17(22)20-13-5-3-4-6-13/h7-9,13-14H,2-6,10-11,19H2,1H3,(H,20,22)/t14-/m0/s1. The molecule has 2 aliphatic rings. The van der Waals surface area contributed by atoms with E-state index >= 15 is 0 Å². The quantitative estimate of drug-likeness (QED) is 0.863. The van der Waals surface area contributed by atoms with Gasteiger partial charge in [-0.3, -0.25) is 14.5 Å². The first-order chi connectivity index (χ1) is 11.6. The first-order valence-electron chi connectivity index (χ1n) is 8.70. The zero-order valence-electron chi connectivity index (χ0n) is 14.1. The molecule has 1 heterocycles. The average Bonchev–Trinajstić information content (AvgIpc) is 3.09. The summed E-state index contributed by atoms with van der Waals surface area (Å²) in [5, 5.41) is 3.03. The van der Waals surface area contributed by atoms with Crippen molar-refractivity contribution < 1.29 is 14.3 Å². The first kappa shape index (κ1) is 16.8. The molecule has 1 aliphatic heterocycles. The number of fused-ring (bicyclic) bond motifs is 1. The van der Waals surface area contributed by atoms with Crippen molar-refractivity contribution in [1.29, 1.82) is 0 Å². The Labute approximate surface area is 142 Å². The third-order valence-electron chi connectivity index (χ3n) is 4.82. The Morgan fingerprint density at radius 1 is 1.42 bits per heavy atom. The minimum atomic E-state index is -0.203. The van der Waals surface area contributed by atoms with E-state index in [1.165, 1.54) is 4.90 Å². The van der Waals surface area contributed by atoms with Gasteiger partial charge in [0.1, 0.15) is 12.3 Å². The molecule has 1 atom stereocenters. The lowest BCUT2D eigenvalue weighted by atomic mass is 10.0. The van der Waals surface area contributed by atoms with Crippen molar-refractivity contribution in [3.63, 3.8) is 0 Å². The van der Waals surface area contributed by atoms with E-state index in [1.54, 1.807) is 0 Å². The van der Waals surface area contributed by atoms with Crippen LogP contribution in [-0.4, -0.2) is 31.0 Å². The molecule has 1 saturated carbocycles. The third-order valence-corrected chi connectivity index (χ3v) is 4.82. The molecule has 1 aromatic rings. The number of carbonyl (C=O) groups excluding carboxylic acids is 2. The smallest absolute Gasteiger partial charge is 0.265 e. The Bertz CT molecular complexity index is 626. The number of hydrogen-bond donors (Lipinski definition) is 2. The summed E-state index contributed by atoms with van der Waals surface area (Å²) in [7, 11) is 0. The van der Waals surface area contributed by atoms with Crippen LogP contribution in [-0.2, 0) is 9.59 Å². The van der Waals surface area contributed by atoms with Crippen molar-refractivity contribution in [1.82, 2.24) is 5.32 Å². The van der Waals surface area contributed by atoms with E-state index < -0.39 is 0 Å². The lowest BCUT2D eigenvalue weighted by molar-refractivity contribution is -0.125. The van der Waals surface area contributed by atoms with Crippen molar-refractivity contribution >= 4 is 17.5 Å². The highest BCUT2D eigenvalue weighted by Gasteiger charge is 2.29. The number of anilines is 1. The van der Waals surface area contributed by atoms with E-state index in [2.05, 4.69) is 5.32 Å². The Balaban J connectivity index is 1.77. The number of nitrogens with one attached hydrogen (secondary N) is 1. The van der Waals surface area contributed by atoms with Crippen molar-refractivity contribution in [2.24, 2.45) is 5.73 Å². The van der Waals surface area contributed by atoms with Crippen molar-refractivity contribution in [3.05, 3.63) is 23.8 Å². The largest absolute Gasteiger partial charge is 0.482 e. The van der Waals surface area contributed by atoms with Crippen LogP contribution in [0.5, 0.6) is 5.75 Å². The van der Waals surface area contributed by atoms with Crippen molar-refractivity contribution in [2.75, 3.05) is 18.1 Å². The van der Waals surface area contributed by atoms with Gasteiger partial charge < -0.3 is 15.8 Å². The van der Waals surface area contributed by atoms with Crippen LogP contribution in [0.2, 0.25) is 0 Å². The summed E-state index contributed by atoms with van der Waals surface area (Å²) < 4.78 is 5.49. The SMILES string of the molecule is CC[C@H](N)c1ccc2c(c1)N(CC(=O)NC1CCCC1)C(=O)CO2. The number of nitrogens with zero attached hydrogens (tertiary/aromatic N) is 1. The van der Waals surface area contributed by atoms with Gasteiger partial charge in [-0.1, -0.05) is 25.8 Å². The zero-order valence-corrected chi connectivity index (χ0v) is 14.1. The van der Waals surface area contributed by atoms with Gasteiger partial charge >= 0.3 is 0 Å². The van der Waals surface area contributed by atoms with E-state index in [1.807, 2.05) is 25.1 Å². The highest BCUT2D eigenvalue weighted by molar-refractivity contribution is 6.02. The Morgan fingerprint density at radius 3 is 2.88 bits per heavy atom. The molecule has 1 fully saturated rings. The molecule has 6 heteroatoms. The van der Waals surface area contributed by atoms with E-state index in [4.69, 9.17) is 10.5 Å². The second kappa shape index (κ2) is 7.21. The molecule has 0 aromatic heterocycles. The van der Waals surface area contributed by atoms with Crippen LogP contribution < -0.4 is 20.7 Å². The molecule has 1 aromatic carbocycles. The van der Waals surface area contributed by atoms with Crippen molar-refractivity contribution in [3.8, 4) is 5.75 Å². The molecule has 6 nitrogen and oxygen atoms in total. The number of carbonyl (C=O) groups is 2. The molecule has 2 amide bonds. The number of nitrogens with two attached hydrogens (primary N) is 1. The monoisotopic (exact) mass is 331 g/mol. The van der Waals surface area contributed by atoms with Crippen LogP contribution in [0.4, 0.5) is 5.69 Å². The fraction of sp³-hybridized carbons (Fsp3) is 0.556. The second-order valence-corrected chi connectivity index (χ2v) is 6.56. The second-order valence-electron chi connectivity index (χ2n) is 6.56. The van der Waals surface area contributed by atoms with Crippen LogP contribution in [0.15, 0.2) is 18.2 Å². The summed E-state index contributed by atoms with van der Waals surface area (Å²) >= 11 is 0. The zero-order chi connectivity index (χ0) is 17.1. The van der Waals surface area contributed by atoms with Crippen LogP contribution in [0.25, 0.3) is 0 Å². The fourth-order valence-corrected chi connectivity index (χ4v) is 3.35. The van der Waals surface area contributed by atoms with E-state index in [0.29, 0.717) is 11.4 Å². The maximum atomic E-state index is 12.3. The van der Waals surface area contributed by atoms with Gasteiger partial charge in [0.05, 0.1) is 5.69 Å². The normalized spacial score (nSPS) is 18.9. The predicted molar refractivity (Wildman–Crippen MR) is 91.9 cm³/mol. The third kappa shape index (κ3) is 3.53. The van der Waals surface area contributed by atoms with E-state index in [-0.39, 0.29) is 37.0 Å². The minimum absolute atomic E-state index is 0.0243. The van der Waals surface area contributed by atoms with Gasteiger partial charge in [-0.15, -0.1) is 0 Å². The number of hydrogen-bond acceptors (Lipinski definition) is 4. The Kier molecular flexibility index (Phi) is 5.04. The van der Waals surface area contributed by atoms with Gasteiger partial charge in [0.15, 0.2) is 6.61 Å². The summed E-state index contributed by atoms with van der Waals surface area (Å²) in [5.74, 6) is 0.301. The molecule has 0 unspecified atom stereocenters. The summed E-state index contributed by atoms with van der Waals surface area (Å²) in [4.78, 5) is 26.1. The van der Waals surface area contributed by atoms with Gasteiger partial charge in [-0.05, 0) is 37.0 Å². The summed E-state index contributed by atoms with van der Waals surface area (Å²) in [5.41, 5.74) is 7.67. The molecular weight excluding hydrogens is 306 g/mol. The number of ether oxygens (including phenoxy) is 1. The predicted octanol–water partition coefficient (Wildman–Crippen LogP) is 1.88. The summed E-state index contributed by atoms with van der Waals surface area (Å²) in [6.45, 7) is 2.00. The van der Waals surface area contributed by atoms with E-state index in [0.717, 1.165) is 37.7 Å². The van der Waals surface area contributed by atoms with Crippen LogP contribution in [0, 0.1) is 0 Å². The lowest BCUT2D eigenvalue weighted by Crippen LogP contribution is -2.47. The van der Waals surface area contributed by atoms with Crippen LogP contribution in [0.3, 0.4) is 0 Å². The van der Waals surface area contributed by atoms with Gasteiger partial charge in [0.25, 0.3) is 5.91 Å². The van der Waals surface area contributed by atoms with Gasteiger partial charge in [-0.2, -0.15) is 0 Å². The fourth-order valence-electron chi connectivity index (χ4n) is 3.35. The Morgan fingerprint density at radius 2 is 2.17 bits per heavy atom. The first-order valence-corrected chi connectivity index (χ1v) is 8.70. The van der Waals surface area contributed by atoms with Crippen LogP contribution >= 0.6 is 0 Å². The number of rotatable bonds is 5. The maximum Gasteiger partial charge on any atom is 0.265 e. The average molecular weight is 331 g/mol. The van der Waals surface area contributed by atoms with Crippen LogP contribution in [0.1, 0.15) is 50.6 Å². The lowest BCUT2D eigenvalue weighted by Gasteiger charge is -2.30. The number of amides is 2. The molecule has 0 bridgehead atoms. The highest BCUT2D eigenvalue weighted by atomic mass is 16.5. The highest BCUT2D eigenvalue weighted by Crippen LogP contribution is 2.34. The molecule has 0 spiro atoms. The summed E-state index contributed by atoms with van der Waals surface area (Å²) in [6.07, 6.45) is 5.16. The molecule has 3 N–H and O–H groups in total. The molecular formula is C18H25N3O3. The van der Waals surface area contributed by atoms with Gasteiger partial charge in [0, 0.05) is 12.1 Å². The van der Waals surface area contributed by atoms with Gasteiger partial charge in [-0.25, -0.2) is 0 Å². The van der Waals surface area contributed by atoms with E-state index in [9.17, 15) is 9.59 Å². The maximum absolute atomic E-state index is 12.3. The molecule has 0 radical (unpaired) electrons. The molecule has 0 saturated heterocycles. The molecule has 1 aliphatic carbocycles. The van der Waals surface area contributed by atoms with Crippen molar-refractivity contribution in [2.45, 2.75) is 51.1 Å². The van der Waals surface area contributed by atoms with Gasteiger partial charge in [0.2, 0.25) is 5.91 Å². The molecule has 130 valence electrons. The Hall–Kier alpha value is -2.08. The number of benzene rings is 1. The topological polar surface area (TPSA) is 84.7 Å². The molecule has 3 rings (SSSR count).